The first-order chi connectivity index (χ1) is 10.8. The van der Waals surface area contributed by atoms with Crippen molar-refractivity contribution in [2.75, 3.05) is 13.7 Å². The van der Waals surface area contributed by atoms with Crippen molar-refractivity contribution in [3.05, 3.63) is 42.0 Å². The highest BCUT2D eigenvalue weighted by atomic mass is 32.2. The Morgan fingerprint density at radius 1 is 1.39 bits per heavy atom. The maximum Gasteiger partial charge on any atom is 0.244 e. The number of nitrogens with one attached hydrogen (secondary N) is 1. The van der Waals surface area contributed by atoms with Gasteiger partial charge in [-0.05, 0) is 25.1 Å². The Bertz CT molecular complexity index is 779. The first-order valence-corrected chi connectivity index (χ1v) is 8.17. The van der Waals surface area contributed by atoms with Gasteiger partial charge in [-0.2, -0.15) is 0 Å². The summed E-state index contributed by atoms with van der Waals surface area (Å²) in [5, 5.41) is 7.57. The van der Waals surface area contributed by atoms with Gasteiger partial charge in [0.15, 0.2) is 5.82 Å². The van der Waals surface area contributed by atoms with E-state index in [4.69, 9.17) is 4.74 Å². The van der Waals surface area contributed by atoms with E-state index in [1.807, 2.05) is 0 Å². The summed E-state index contributed by atoms with van der Waals surface area (Å²) in [6.45, 7) is 2.35. The van der Waals surface area contributed by atoms with Crippen molar-refractivity contribution in [2.24, 2.45) is 0 Å². The average Bonchev–Trinajstić information content (AvgIpc) is 2.95. The summed E-state index contributed by atoms with van der Waals surface area (Å²) in [5.41, 5.74) is 0. The monoisotopic (exact) mass is 346 g/mol. The molecule has 0 saturated carbocycles. The Kier molecular flexibility index (Phi) is 5.39. The zero-order valence-corrected chi connectivity index (χ0v) is 13.3. The smallest absolute Gasteiger partial charge is 0.244 e. The second-order valence-electron chi connectivity index (χ2n) is 4.79. The highest BCUT2D eigenvalue weighted by molar-refractivity contribution is 7.89. The minimum Gasteiger partial charge on any atom is -0.383 e. The van der Waals surface area contributed by atoms with Crippen LogP contribution in [0.25, 0.3) is 0 Å². The molecule has 10 heteroatoms. The number of benzene rings is 1. The summed E-state index contributed by atoms with van der Waals surface area (Å²) >= 11 is 0. The van der Waals surface area contributed by atoms with Crippen LogP contribution in [0, 0.1) is 11.6 Å². The SMILES string of the molecule is COCCn1cnnc1[C@@H](C)NS(=O)(=O)c1cc(F)ccc1F. The lowest BCUT2D eigenvalue weighted by Gasteiger charge is -2.15. The lowest BCUT2D eigenvalue weighted by atomic mass is 10.3. The summed E-state index contributed by atoms with van der Waals surface area (Å²) in [7, 11) is -2.72. The minimum atomic E-state index is -4.25. The second-order valence-corrected chi connectivity index (χ2v) is 6.48. The van der Waals surface area contributed by atoms with E-state index in [1.165, 1.54) is 20.4 Å². The molecule has 0 bridgehead atoms. The molecule has 0 aliphatic heterocycles. The van der Waals surface area contributed by atoms with Crippen molar-refractivity contribution >= 4 is 10.0 Å². The summed E-state index contributed by atoms with van der Waals surface area (Å²) in [6, 6.07) is 1.44. The number of rotatable bonds is 7. The Morgan fingerprint density at radius 3 is 2.83 bits per heavy atom. The van der Waals surface area contributed by atoms with E-state index in [0.717, 1.165) is 12.1 Å². The van der Waals surface area contributed by atoms with Crippen molar-refractivity contribution in [1.29, 1.82) is 0 Å². The van der Waals surface area contributed by atoms with Crippen LogP contribution < -0.4 is 4.72 Å². The van der Waals surface area contributed by atoms with E-state index >= 15 is 0 Å². The van der Waals surface area contributed by atoms with E-state index in [1.54, 1.807) is 4.57 Å². The number of halogens is 2. The van der Waals surface area contributed by atoms with Gasteiger partial charge < -0.3 is 9.30 Å². The number of methoxy groups -OCH3 is 1. The number of hydrogen-bond donors (Lipinski definition) is 1. The fourth-order valence-electron chi connectivity index (χ4n) is 1.99. The molecule has 23 heavy (non-hydrogen) atoms. The van der Waals surface area contributed by atoms with Gasteiger partial charge in [-0.25, -0.2) is 21.9 Å². The summed E-state index contributed by atoms with van der Waals surface area (Å²) < 4.78 is 60.1. The average molecular weight is 346 g/mol. The van der Waals surface area contributed by atoms with E-state index in [2.05, 4.69) is 14.9 Å². The van der Waals surface area contributed by atoms with Crippen molar-refractivity contribution in [3.8, 4) is 0 Å². The van der Waals surface area contributed by atoms with Crippen LogP contribution in [0.2, 0.25) is 0 Å². The zero-order valence-electron chi connectivity index (χ0n) is 12.5. The summed E-state index contributed by atoms with van der Waals surface area (Å²) in [4.78, 5) is -0.757. The first-order valence-electron chi connectivity index (χ1n) is 6.69. The molecule has 1 heterocycles. The molecule has 0 aliphatic carbocycles. The molecule has 7 nitrogen and oxygen atoms in total. The van der Waals surface area contributed by atoms with Crippen LogP contribution in [0.1, 0.15) is 18.8 Å². The van der Waals surface area contributed by atoms with Gasteiger partial charge in [0, 0.05) is 13.7 Å². The van der Waals surface area contributed by atoms with Gasteiger partial charge in [0.25, 0.3) is 0 Å². The molecule has 1 atom stereocenters. The first kappa shape index (κ1) is 17.4. The summed E-state index contributed by atoms with van der Waals surface area (Å²) in [6.07, 6.45) is 1.43. The molecule has 0 fully saturated rings. The molecule has 1 aromatic heterocycles. The molecule has 0 saturated heterocycles. The van der Waals surface area contributed by atoms with E-state index in [0.29, 0.717) is 25.0 Å². The lowest BCUT2D eigenvalue weighted by molar-refractivity contribution is 0.185. The molecule has 0 amide bonds. The van der Waals surface area contributed by atoms with Crippen molar-refractivity contribution < 1.29 is 21.9 Å². The van der Waals surface area contributed by atoms with Gasteiger partial charge in [-0.1, -0.05) is 0 Å². The molecule has 1 aromatic carbocycles. The summed E-state index contributed by atoms with van der Waals surface area (Å²) in [5.74, 6) is -1.54. The largest absolute Gasteiger partial charge is 0.383 e. The van der Waals surface area contributed by atoms with Crippen LogP contribution in [0.3, 0.4) is 0 Å². The van der Waals surface area contributed by atoms with Crippen LogP contribution >= 0.6 is 0 Å². The number of aromatic nitrogens is 3. The van der Waals surface area contributed by atoms with Crippen LogP contribution in [0.15, 0.2) is 29.4 Å². The Labute approximate surface area is 132 Å². The van der Waals surface area contributed by atoms with Gasteiger partial charge in [-0.3, -0.25) is 0 Å². The van der Waals surface area contributed by atoms with Gasteiger partial charge in [0.1, 0.15) is 22.9 Å². The third-order valence-electron chi connectivity index (χ3n) is 3.08. The molecule has 0 unspecified atom stereocenters. The third-order valence-corrected chi connectivity index (χ3v) is 4.64. The van der Waals surface area contributed by atoms with Gasteiger partial charge in [-0.15, -0.1) is 10.2 Å². The Balaban J connectivity index is 2.23. The molecule has 1 N–H and O–H groups in total. The maximum atomic E-state index is 13.7. The maximum absolute atomic E-state index is 13.7. The normalized spacial score (nSPS) is 13.2. The Hall–Kier alpha value is -1.91. The fraction of sp³-hybridized carbons (Fsp3) is 0.385. The topological polar surface area (TPSA) is 86.1 Å². The van der Waals surface area contributed by atoms with Crippen molar-refractivity contribution in [2.45, 2.75) is 24.4 Å². The van der Waals surface area contributed by atoms with Gasteiger partial charge in [0.05, 0.1) is 12.6 Å². The predicted octanol–water partition coefficient (Wildman–Crippen LogP) is 1.24. The fourth-order valence-corrected chi connectivity index (χ4v) is 3.28. The number of ether oxygens (including phenoxy) is 1. The molecule has 0 spiro atoms. The molecule has 2 aromatic rings. The third kappa shape index (κ3) is 4.09. The standard InChI is InChI=1S/C13H16F2N4O3S/c1-9(13-17-16-8-19(13)5-6-22-2)18-23(20,21)12-7-10(14)3-4-11(12)15/h3-4,7-9,18H,5-6H2,1-2H3/t9-/m1/s1. The van der Waals surface area contributed by atoms with E-state index < -0.39 is 32.6 Å². The molecule has 2 rings (SSSR count). The minimum absolute atomic E-state index is 0.336. The highest BCUT2D eigenvalue weighted by Crippen LogP contribution is 2.19. The van der Waals surface area contributed by atoms with Gasteiger partial charge >= 0.3 is 0 Å². The number of sulfonamides is 1. The second kappa shape index (κ2) is 7.11. The van der Waals surface area contributed by atoms with Crippen molar-refractivity contribution in [1.82, 2.24) is 19.5 Å². The lowest BCUT2D eigenvalue weighted by Crippen LogP contribution is -2.30. The molecule has 126 valence electrons. The van der Waals surface area contributed by atoms with Crippen LogP contribution in [0.4, 0.5) is 8.78 Å². The van der Waals surface area contributed by atoms with E-state index in [-0.39, 0.29) is 0 Å². The number of nitrogens with zero attached hydrogens (tertiary/aromatic N) is 3. The quantitative estimate of drug-likeness (QED) is 0.815. The zero-order chi connectivity index (χ0) is 17.0. The molecular formula is C13H16F2N4O3S. The van der Waals surface area contributed by atoms with Crippen molar-refractivity contribution in [3.63, 3.8) is 0 Å². The van der Waals surface area contributed by atoms with Crippen LogP contribution in [-0.2, 0) is 21.3 Å². The van der Waals surface area contributed by atoms with E-state index in [9.17, 15) is 17.2 Å². The molecule has 0 radical (unpaired) electrons. The van der Waals surface area contributed by atoms with Crippen LogP contribution in [0.5, 0.6) is 0 Å². The molecular weight excluding hydrogens is 330 g/mol. The number of hydrogen-bond acceptors (Lipinski definition) is 5. The highest BCUT2D eigenvalue weighted by Gasteiger charge is 2.25. The Morgan fingerprint density at radius 2 is 2.13 bits per heavy atom. The van der Waals surface area contributed by atoms with Gasteiger partial charge in [0.2, 0.25) is 10.0 Å². The predicted molar refractivity (Wildman–Crippen MR) is 77.0 cm³/mol. The molecule has 0 aliphatic rings. The van der Waals surface area contributed by atoms with Crippen LogP contribution in [-0.4, -0.2) is 36.9 Å².